The Bertz CT molecular complexity index is 689. The zero-order valence-corrected chi connectivity index (χ0v) is 11.3. The summed E-state index contributed by atoms with van der Waals surface area (Å²) < 4.78 is 2.91. The fourth-order valence-corrected chi connectivity index (χ4v) is 2.50. The fraction of sp³-hybridized carbons (Fsp3) is 0.0714. The Morgan fingerprint density at radius 3 is 2.72 bits per heavy atom. The van der Waals surface area contributed by atoms with Crippen molar-refractivity contribution in [3.05, 3.63) is 64.5 Å². The Morgan fingerprint density at radius 2 is 1.94 bits per heavy atom. The second-order valence-corrected chi connectivity index (χ2v) is 5.15. The fourth-order valence-electron chi connectivity index (χ4n) is 2.03. The standard InChI is InChI=1S/C14H12BrN3/c15-11-7-13(16)14-17-12(9-18(14)8-11)6-10-4-2-1-3-5-10/h1-5,7-9H,6,16H2. The van der Waals surface area contributed by atoms with Crippen LogP contribution in [0.1, 0.15) is 11.3 Å². The summed E-state index contributed by atoms with van der Waals surface area (Å²) in [6, 6.07) is 12.2. The second kappa shape index (κ2) is 4.46. The Kier molecular flexibility index (Phi) is 2.80. The van der Waals surface area contributed by atoms with Crippen LogP contribution >= 0.6 is 15.9 Å². The van der Waals surface area contributed by atoms with Crippen LogP contribution in [0.5, 0.6) is 0 Å². The van der Waals surface area contributed by atoms with Gasteiger partial charge in [0.25, 0.3) is 0 Å². The van der Waals surface area contributed by atoms with Crippen molar-refractivity contribution in [1.82, 2.24) is 9.38 Å². The molecule has 0 unspecified atom stereocenters. The molecule has 18 heavy (non-hydrogen) atoms. The first kappa shape index (κ1) is 11.3. The van der Waals surface area contributed by atoms with E-state index in [1.807, 2.05) is 41.1 Å². The number of nitrogens with two attached hydrogens (primary N) is 1. The largest absolute Gasteiger partial charge is 0.396 e. The minimum atomic E-state index is 0.684. The van der Waals surface area contributed by atoms with Crippen molar-refractivity contribution in [1.29, 1.82) is 0 Å². The average molecular weight is 302 g/mol. The molecular weight excluding hydrogens is 290 g/mol. The molecule has 2 heterocycles. The van der Waals surface area contributed by atoms with E-state index in [-0.39, 0.29) is 0 Å². The molecule has 3 rings (SSSR count). The van der Waals surface area contributed by atoms with Crippen molar-refractivity contribution in [3.63, 3.8) is 0 Å². The number of benzene rings is 1. The lowest BCUT2D eigenvalue weighted by Gasteiger charge is -1.97. The van der Waals surface area contributed by atoms with E-state index in [0.717, 1.165) is 22.2 Å². The van der Waals surface area contributed by atoms with E-state index in [2.05, 4.69) is 33.0 Å². The first-order valence-electron chi connectivity index (χ1n) is 5.69. The first-order valence-corrected chi connectivity index (χ1v) is 6.48. The molecule has 0 radical (unpaired) electrons. The lowest BCUT2D eigenvalue weighted by Crippen LogP contribution is -1.91. The molecule has 0 aliphatic carbocycles. The van der Waals surface area contributed by atoms with Gasteiger partial charge in [0, 0.05) is 23.3 Å². The molecule has 0 bridgehead atoms. The van der Waals surface area contributed by atoms with E-state index in [1.165, 1.54) is 5.56 Å². The third kappa shape index (κ3) is 2.11. The molecule has 0 aliphatic rings. The van der Waals surface area contributed by atoms with Gasteiger partial charge in [-0.2, -0.15) is 0 Å². The molecule has 0 atom stereocenters. The number of imidazole rings is 1. The van der Waals surface area contributed by atoms with Gasteiger partial charge in [-0.25, -0.2) is 4.98 Å². The third-order valence-corrected chi connectivity index (χ3v) is 3.26. The van der Waals surface area contributed by atoms with Crippen LogP contribution in [0, 0.1) is 0 Å². The summed E-state index contributed by atoms with van der Waals surface area (Å²) in [5.41, 5.74) is 9.71. The summed E-state index contributed by atoms with van der Waals surface area (Å²) in [5.74, 6) is 0. The van der Waals surface area contributed by atoms with Crippen molar-refractivity contribution in [2.24, 2.45) is 0 Å². The van der Waals surface area contributed by atoms with E-state index in [0.29, 0.717) is 5.69 Å². The third-order valence-electron chi connectivity index (χ3n) is 2.82. The van der Waals surface area contributed by atoms with Gasteiger partial charge in [-0.3, -0.25) is 0 Å². The Hall–Kier alpha value is -1.81. The molecule has 2 N–H and O–H groups in total. The maximum absolute atomic E-state index is 5.95. The maximum atomic E-state index is 5.95. The van der Waals surface area contributed by atoms with Gasteiger partial charge >= 0.3 is 0 Å². The molecule has 0 saturated heterocycles. The van der Waals surface area contributed by atoms with E-state index >= 15 is 0 Å². The van der Waals surface area contributed by atoms with Crippen molar-refractivity contribution in [2.75, 3.05) is 5.73 Å². The molecule has 0 amide bonds. The number of nitrogen functional groups attached to an aromatic ring is 1. The van der Waals surface area contributed by atoms with Gasteiger partial charge in [0.05, 0.1) is 11.4 Å². The minimum Gasteiger partial charge on any atom is -0.396 e. The SMILES string of the molecule is Nc1cc(Br)cn2cc(Cc3ccccc3)nc12. The van der Waals surface area contributed by atoms with Crippen LogP contribution in [0.25, 0.3) is 5.65 Å². The summed E-state index contributed by atoms with van der Waals surface area (Å²) in [6.45, 7) is 0. The number of nitrogens with zero attached hydrogens (tertiary/aromatic N) is 2. The molecule has 0 fully saturated rings. The van der Waals surface area contributed by atoms with Crippen LogP contribution < -0.4 is 5.73 Å². The van der Waals surface area contributed by atoms with Gasteiger partial charge in [-0.05, 0) is 27.6 Å². The number of hydrogen-bond donors (Lipinski definition) is 1. The van der Waals surface area contributed by atoms with Crippen LogP contribution in [-0.4, -0.2) is 9.38 Å². The first-order chi connectivity index (χ1) is 8.72. The number of hydrogen-bond acceptors (Lipinski definition) is 2. The molecule has 3 aromatic rings. The molecule has 2 aromatic heterocycles. The number of halogens is 1. The van der Waals surface area contributed by atoms with Crippen LogP contribution in [0.4, 0.5) is 5.69 Å². The highest BCUT2D eigenvalue weighted by Crippen LogP contribution is 2.20. The molecule has 4 heteroatoms. The molecule has 0 saturated carbocycles. The molecule has 0 aliphatic heterocycles. The molecule has 1 aromatic carbocycles. The number of fused-ring (bicyclic) bond motifs is 1. The summed E-state index contributed by atoms with van der Waals surface area (Å²) in [6.07, 6.45) is 4.80. The van der Waals surface area contributed by atoms with Gasteiger partial charge < -0.3 is 10.1 Å². The summed E-state index contributed by atoms with van der Waals surface area (Å²) in [4.78, 5) is 4.57. The highest BCUT2D eigenvalue weighted by Gasteiger charge is 2.06. The smallest absolute Gasteiger partial charge is 0.160 e. The van der Waals surface area contributed by atoms with Crippen LogP contribution in [-0.2, 0) is 6.42 Å². The van der Waals surface area contributed by atoms with Gasteiger partial charge in [-0.15, -0.1) is 0 Å². The summed E-state index contributed by atoms with van der Waals surface area (Å²) in [5, 5.41) is 0. The van der Waals surface area contributed by atoms with Crippen molar-refractivity contribution in [3.8, 4) is 0 Å². The zero-order chi connectivity index (χ0) is 12.5. The van der Waals surface area contributed by atoms with E-state index in [1.54, 1.807) is 0 Å². The maximum Gasteiger partial charge on any atom is 0.160 e. The van der Waals surface area contributed by atoms with Crippen molar-refractivity contribution >= 4 is 27.3 Å². The highest BCUT2D eigenvalue weighted by atomic mass is 79.9. The predicted molar refractivity (Wildman–Crippen MR) is 76.6 cm³/mol. The minimum absolute atomic E-state index is 0.684. The van der Waals surface area contributed by atoms with E-state index in [9.17, 15) is 0 Å². The number of pyridine rings is 1. The molecule has 0 spiro atoms. The average Bonchev–Trinajstić information content (AvgIpc) is 2.73. The van der Waals surface area contributed by atoms with Crippen molar-refractivity contribution in [2.45, 2.75) is 6.42 Å². The van der Waals surface area contributed by atoms with Crippen LogP contribution in [0.15, 0.2) is 53.3 Å². The highest BCUT2D eigenvalue weighted by molar-refractivity contribution is 9.10. The topological polar surface area (TPSA) is 43.3 Å². The molecule has 90 valence electrons. The summed E-state index contributed by atoms with van der Waals surface area (Å²) >= 11 is 3.43. The quantitative estimate of drug-likeness (QED) is 0.789. The van der Waals surface area contributed by atoms with Gasteiger partial charge in [0.2, 0.25) is 0 Å². The number of aromatic nitrogens is 2. The summed E-state index contributed by atoms with van der Waals surface area (Å²) in [7, 11) is 0. The Labute approximate surface area is 113 Å². The van der Waals surface area contributed by atoms with Crippen LogP contribution in [0.3, 0.4) is 0 Å². The molecule has 3 nitrogen and oxygen atoms in total. The lowest BCUT2D eigenvalue weighted by molar-refractivity contribution is 1.11. The Morgan fingerprint density at radius 1 is 1.17 bits per heavy atom. The Balaban J connectivity index is 2.01. The predicted octanol–water partition coefficient (Wildman–Crippen LogP) is 3.27. The van der Waals surface area contributed by atoms with E-state index < -0.39 is 0 Å². The monoisotopic (exact) mass is 301 g/mol. The molecular formula is C14H12BrN3. The number of rotatable bonds is 2. The van der Waals surface area contributed by atoms with E-state index in [4.69, 9.17) is 5.73 Å². The number of anilines is 1. The second-order valence-electron chi connectivity index (χ2n) is 4.24. The van der Waals surface area contributed by atoms with Crippen molar-refractivity contribution < 1.29 is 0 Å². The zero-order valence-electron chi connectivity index (χ0n) is 9.68. The van der Waals surface area contributed by atoms with Gasteiger partial charge in [-0.1, -0.05) is 30.3 Å². The lowest BCUT2D eigenvalue weighted by atomic mass is 10.1. The normalized spacial score (nSPS) is 10.9. The van der Waals surface area contributed by atoms with Gasteiger partial charge in [0.15, 0.2) is 5.65 Å². The van der Waals surface area contributed by atoms with Crippen LogP contribution in [0.2, 0.25) is 0 Å². The van der Waals surface area contributed by atoms with Gasteiger partial charge in [0.1, 0.15) is 0 Å².